The molecule has 2 aromatic rings. The fourth-order valence-corrected chi connectivity index (χ4v) is 3.11. The number of hydrogen-bond acceptors (Lipinski definition) is 4. The second-order valence-electron chi connectivity index (χ2n) is 6.54. The van der Waals surface area contributed by atoms with E-state index >= 15 is 0 Å². The fourth-order valence-electron chi connectivity index (χ4n) is 3.11. The second-order valence-corrected chi connectivity index (χ2v) is 6.54. The van der Waals surface area contributed by atoms with Gasteiger partial charge in [0.05, 0.1) is 0 Å². The zero-order valence-corrected chi connectivity index (χ0v) is 15.5. The molecule has 3 rings (SSSR count). The lowest BCUT2D eigenvalue weighted by Gasteiger charge is -2.37. The number of hydrogen-bond donors (Lipinski definition) is 1. The Labute approximate surface area is 159 Å². The van der Waals surface area contributed by atoms with E-state index in [0.717, 1.165) is 13.1 Å². The van der Waals surface area contributed by atoms with Gasteiger partial charge in [0.1, 0.15) is 11.8 Å². The van der Waals surface area contributed by atoms with E-state index in [1.54, 1.807) is 19.1 Å². The highest BCUT2D eigenvalue weighted by Gasteiger charge is 2.26. The molecule has 0 spiro atoms. The number of anilines is 1. The van der Waals surface area contributed by atoms with Crippen LogP contribution in [-0.2, 0) is 9.59 Å². The average molecular weight is 367 g/mol. The second kappa shape index (κ2) is 9.07. The maximum atomic E-state index is 12.6. The first kappa shape index (κ1) is 18.8. The summed E-state index contributed by atoms with van der Waals surface area (Å²) in [5.41, 5.74) is 1.17. The van der Waals surface area contributed by atoms with Crippen LogP contribution in [-0.4, -0.2) is 55.5 Å². The molecule has 0 saturated carbocycles. The fraction of sp³-hybridized carbons (Fsp3) is 0.333. The monoisotopic (exact) mass is 367 g/mol. The quantitative estimate of drug-likeness (QED) is 0.847. The maximum Gasteiger partial charge on any atom is 0.258 e. The molecule has 0 aliphatic carbocycles. The normalized spacial score (nSPS) is 15.1. The van der Waals surface area contributed by atoms with Crippen LogP contribution in [0.3, 0.4) is 0 Å². The van der Waals surface area contributed by atoms with Crippen LogP contribution in [0.15, 0.2) is 60.7 Å². The van der Waals surface area contributed by atoms with Gasteiger partial charge in [-0.25, -0.2) is 0 Å². The molecule has 1 N–H and O–H groups in total. The number of ether oxygens (including phenoxy) is 1. The van der Waals surface area contributed by atoms with E-state index in [2.05, 4.69) is 22.3 Å². The molecule has 1 aliphatic heterocycles. The lowest BCUT2D eigenvalue weighted by atomic mass is 10.2. The van der Waals surface area contributed by atoms with Crippen molar-refractivity contribution in [2.24, 2.45) is 0 Å². The molecule has 1 heterocycles. The Hall–Kier alpha value is -3.02. The number of rotatable bonds is 6. The van der Waals surface area contributed by atoms with Crippen LogP contribution in [0.5, 0.6) is 5.75 Å². The SMILES string of the molecule is C[C@@H](NC(=O)COc1ccccc1)C(=O)N1CCN(c2ccccc2)CC1. The van der Waals surface area contributed by atoms with Crippen LogP contribution in [0.2, 0.25) is 0 Å². The molecule has 0 unspecified atom stereocenters. The van der Waals surface area contributed by atoms with E-state index in [-0.39, 0.29) is 18.4 Å². The van der Waals surface area contributed by atoms with Crippen molar-refractivity contribution < 1.29 is 14.3 Å². The Kier molecular flexibility index (Phi) is 6.30. The van der Waals surface area contributed by atoms with Crippen LogP contribution in [0.4, 0.5) is 5.69 Å². The van der Waals surface area contributed by atoms with E-state index in [0.29, 0.717) is 18.8 Å². The van der Waals surface area contributed by atoms with Crippen molar-refractivity contribution in [3.63, 3.8) is 0 Å². The Balaban J connectivity index is 1.43. The molecule has 6 heteroatoms. The molecule has 2 amide bonds. The Morgan fingerprint density at radius 2 is 1.56 bits per heavy atom. The summed E-state index contributed by atoms with van der Waals surface area (Å²) in [6, 6.07) is 18.7. The number of amides is 2. The number of piperazine rings is 1. The van der Waals surface area contributed by atoms with Gasteiger partial charge < -0.3 is 19.9 Å². The first-order valence-electron chi connectivity index (χ1n) is 9.19. The summed E-state index contributed by atoms with van der Waals surface area (Å²) in [4.78, 5) is 28.7. The summed E-state index contributed by atoms with van der Waals surface area (Å²) in [6.07, 6.45) is 0. The van der Waals surface area contributed by atoms with Gasteiger partial charge in [-0.1, -0.05) is 36.4 Å². The lowest BCUT2D eigenvalue weighted by Crippen LogP contribution is -2.54. The van der Waals surface area contributed by atoms with Crippen molar-refractivity contribution >= 4 is 17.5 Å². The number of para-hydroxylation sites is 2. The third-order valence-corrected chi connectivity index (χ3v) is 4.57. The first-order valence-corrected chi connectivity index (χ1v) is 9.19. The van der Waals surface area contributed by atoms with Gasteiger partial charge in [-0.05, 0) is 31.2 Å². The number of carbonyl (C=O) groups excluding carboxylic acids is 2. The van der Waals surface area contributed by atoms with Gasteiger partial charge in [-0.3, -0.25) is 9.59 Å². The van der Waals surface area contributed by atoms with Crippen LogP contribution in [0.25, 0.3) is 0 Å². The van der Waals surface area contributed by atoms with E-state index in [9.17, 15) is 9.59 Å². The van der Waals surface area contributed by atoms with Crippen molar-refractivity contribution in [1.29, 1.82) is 0 Å². The zero-order valence-electron chi connectivity index (χ0n) is 15.5. The van der Waals surface area contributed by atoms with Gasteiger partial charge in [0, 0.05) is 31.9 Å². The van der Waals surface area contributed by atoms with E-state index in [1.165, 1.54) is 5.69 Å². The van der Waals surface area contributed by atoms with Gasteiger partial charge in [-0.15, -0.1) is 0 Å². The highest BCUT2D eigenvalue weighted by molar-refractivity contribution is 5.88. The minimum Gasteiger partial charge on any atom is -0.484 e. The van der Waals surface area contributed by atoms with Crippen molar-refractivity contribution in [2.75, 3.05) is 37.7 Å². The summed E-state index contributed by atoms with van der Waals surface area (Å²) in [6.45, 7) is 4.47. The van der Waals surface area contributed by atoms with Gasteiger partial charge in [0.25, 0.3) is 5.91 Å². The number of nitrogens with one attached hydrogen (secondary N) is 1. The average Bonchev–Trinajstić information content (AvgIpc) is 2.73. The highest BCUT2D eigenvalue weighted by Crippen LogP contribution is 2.16. The topological polar surface area (TPSA) is 61.9 Å². The van der Waals surface area contributed by atoms with E-state index in [1.807, 2.05) is 41.3 Å². The molecule has 1 saturated heterocycles. The van der Waals surface area contributed by atoms with Crippen molar-refractivity contribution in [3.05, 3.63) is 60.7 Å². The van der Waals surface area contributed by atoms with Gasteiger partial charge in [0.2, 0.25) is 5.91 Å². The zero-order chi connectivity index (χ0) is 19.1. The molecule has 1 fully saturated rings. The lowest BCUT2D eigenvalue weighted by molar-refractivity contribution is -0.136. The smallest absolute Gasteiger partial charge is 0.258 e. The highest BCUT2D eigenvalue weighted by atomic mass is 16.5. The summed E-state index contributed by atoms with van der Waals surface area (Å²) in [5, 5.41) is 2.72. The third kappa shape index (κ3) is 5.23. The number of carbonyl (C=O) groups is 2. The molecule has 142 valence electrons. The van der Waals surface area contributed by atoms with Gasteiger partial charge in [-0.2, -0.15) is 0 Å². The third-order valence-electron chi connectivity index (χ3n) is 4.57. The van der Waals surface area contributed by atoms with E-state index in [4.69, 9.17) is 4.74 Å². The number of nitrogens with zero attached hydrogens (tertiary/aromatic N) is 2. The molecule has 0 radical (unpaired) electrons. The van der Waals surface area contributed by atoms with Crippen molar-refractivity contribution in [2.45, 2.75) is 13.0 Å². The molecule has 1 atom stereocenters. The summed E-state index contributed by atoms with van der Waals surface area (Å²) >= 11 is 0. The summed E-state index contributed by atoms with van der Waals surface area (Å²) < 4.78 is 5.41. The van der Waals surface area contributed by atoms with Crippen LogP contribution in [0.1, 0.15) is 6.92 Å². The standard InChI is InChI=1S/C21H25N3O3/c1-17(22-20(25)16-27-19-10-6-3-7-11-19)21(26)24-14-12-23(13-15-24)18-8-4-2-5-9-18/h2-11,17H,12-16H2,1H3,(H,22,25)/t17-/m1/s1. The minimum atomic E-state index is -0.569. The molecule has 0 bridgehead atoms. The summed E-state index contributed by atoms with van der Waals surface area (Å²) in [5.74, 6) is 0.266. The van der Waals surface area contributed by atoms with Crippen LogP contribution >= 0.6 is 0 Å². The first-order chi connectivity index (χ1) is 13.1. The molecule has 2 aromatic carbocycles. The minimum absolute atomic E-state index is 0.0595. The Morgan fingerprint density at radius 3 is 2.19 bits per heavy atom. The predicted octanol–water partition coefficient (Wildman–Crippen LogP) is 1.92. The maximum absolute atomic E-state index is 12.6. The van der Waals surface area contributed by atoms with Gasteiger partial charge in [0.15, 0.2) is 6.61 Å². The molecular formula is C21H25N3O3. The largest absolute Gasteiger partial charge is 0.484 e. The Morgan fingerprint density at radius 1 is 0.963 bits per heavy atom. The molecule has 0 aromatic heterocycles. The molecule has 6 nitrogen and oxygen atoms in total. The Bertz CT molecular complexity index is 744. The molecule has 1 aliphatic rings. The number of benzene rings is 2. The van der Waals surface area contributed by atoms with Gasteiger partial charge >= 0.3 is 0 Å². The predicted molar refractivity (Wildman–Crippen MR) is 105 cm³/mol. The molecule has 27 heavy (non-hydrogen) atoms. The van der Waals surface area contributed by atoms with Crippen molar-refractivity contribution in [1.82, 2.24) is 10.2 Å². The van der Waals surface area contributed by atoms with Crippen LogP contribution < -0.4 is 15.0 Å². The van der Waals surface area contributed by atoms with E-state index < -0.39 is 6.04 Å². The molecular weight excluding hydrogens is 342 g/mol. The van der Waals surface area contributed by atoms with Crippen molar-refractivity contribution in [3.8, 4) is 5.75 Å². The summed E-state index contributed by atoms with van der Waals surface area (Å²) in [7, 11) is 0. The van der Waals surface area contributed by atoms with Crippen LogP contribution in [0, 0.1) is 0 Å².